The second kappa shape index (κ2) is 4.96. The van der Waals surface area contributed by atoms with E-state index in [9.17, 15) is 4.79 Å². The Labute approximate surface area is 105 Å². The van der Waals surface area contributed by atoms with Crippen LogP contribution in [-0.4, -0.2) is 45.0 Å². The number of nitrogens with zero attached hydrogens (tertiary/aromatic N) is 1. The number of aldehydes is 1. The molecule has 0 aromatic heterocycles. The molecule has 96 valence electrons. The molecule has 2 unspecified atom stereocenters. The molecule has 0 N–H and O–H groups in total. The van der Waals surface area contributed by atoms with Crippen molar-refractivity contribution in [1.82, 2.24) is 0 Å². The van der Waals surface area contributed by atoms with E-state index >= 15 is 0 Å². The van der Waals surface area contributed by atoms with E-state index in [2.05, 4.69) is 0 Å². The van der Waals surface area contributed by atoms with Crippen molar-refractivity contribution in [2.75, 3.05) is 31.2 Å². The Morgan fingerprint density at radius 1 is 1.28 bits per heavy atom. The highest BCUT2D eigenvalue weighted by atomic mass is 16.8. The highest BCUT2D eigenvalue weighted by Crippen LogP contribution is 2.24. The van der Waals surface area contributed by atoms with Gasteiger partial charge < -0.3 is 23.9 Å². The van der Waals surface area contributed by atoms with Crippen molar-refractivity contribution in [1.29, 1.82) is 0 Å². The molecule has 2 fully saturated rings. The number of carbonyl (C=O) groups excluding carboxylic acids is 1. The van der Waals surface area contributed by atoms with Crippen LogP contribution in [0.25, 0.3) is 0 Å². The minimum Gasteiger partial charge on any atom is -0.462 e. The van der Waals surface area contributed by atoms with Gasteiger partial charge >= 0.3 is 0 Å². The van der Waals surface area contributed by atoms with Gasteiger partial charge in [0, 0.05) is 12.2 Å². The molecule has 0 aliphatic carbocycles. The standard InChI is InChI=1S/C13H15NO4/c15-6-5-14(7-12-8-16-12)10-1-3-11(4-2-10)18-13-9-17-13/h1-4,6,12-13H,5,7-9H2. The van der Waals surface area contributed by atoms with Crippen LogP contribution in [-0.2, 0) is 14.3 Å². The molecular formula is C13H15NO4. The minimum atomic E-state index is -0.0817. The lowest BCUT2D eigenvalue weighted by Crippen LogP contribution is -2.29. The van der Waals surface area contributed by atoms with Crippen molar-refractivity contribution in [2.24, 2.45) is 0 Å². The Balaban J connectivity index is 1.65. The molecule has 18 heavy (non-hydrogen) atoms. The predicted molar refractivity (Wildman–Crippen MR) is 64.8 cm³/mol. The Kier molecular flexibility index (Phi) is 3.17. The van der Waals surface area contributed by atoms with Crippen LogP contribution in [0.2, 0.25) is 0 Å². The first-order chi connectivity index (χ1) is 8.85. The second-order valence-corrected chi connectivity index (χ2v) is 4.40. The van der Waals surface area contributed by atoms with Gasteiger partial charge in [-0.05, 0) is 24.3 Å². The number of epoxide rings is 2. The van der Waals surface area contributed by atoms with E-state index in [0.29, 0.717) is 13.2 Å². The Morgan fingerprint density at radius 2 is 2.00 bits per heavy atom. The van der Waals surface area contributed by atoms with Crippen molar-refractivity contribution in [3.05, 3.63) is 24.3 Å². The quantitative estimate of drug-likeness (QED) is 0.529. The number of carbonyl (C=O) groups is 1. The molecule has 1 aromatic rings. The summed E-state index contributed by atoms with van der Waals surface area (Å²) in [5.74, 6) is 0.787. The highest BCUT2D eigenvalue weighted by molar-refractivity contribution is 5.61. The molecular weight excluding hydrogens is 234 g/mol. The summed E-state index contributed by atoms with van der Waals surface area (Å²) in [6, 6.07) is 7.68. The van der Waals surface area contributed by atoms with E-state index in [4.69, 9.17) is 14.2 Å². The Hall–Kier alpha value is -1.59. The van der Waals surface area contributed by atoms with Crippen LogP contribution >= 0.6 is 0 Å². The van der Waals surface area contributed by atoms with E-state index in [1.807, 2.05) is 29.2 Å². The Bertz CT molecular complexity index is 412. The SMILES string of the molecule is O=CCN(CC1CO1)c1ccc(OC2CO2)cc1. The average molecular weight is 249 g/mol. The van der Waals surface area contributed by atoms with Crippen LogP contribution in [0.5, 0.6) is 5.75 Å². The molecule has 5 heteroatoms. The van der Waals surface area contributed by atoms with Crippen LogP contribution in [0.4, 0.5) is 5.69 Å². The number of hydrogen-bond acceptors (Lipinski definition) is 5. The van der Waals surface area contributed by atoms with Crippen LogP contribution in [0.1, 0.15) is 0 Å². The topological polar surface area (TPSA) is 54.6 Å². The van der Waals surface area contributed by atoms with Gasteiger partial charge in [0.05, 0.1) is 19.3 Å². The van der Waals surface area contributed by atoms with Crippen LogP contribution in [0.15, 0.2) is 24.3 Å². The van der Waals surface area contributed by atoms with Crippen LogP contribution < -0.4 is 9.64 Å². The van der Waals surface area contributed by atoms with Gasteiger partial charge in [0.1, 0.15) is 18.6 Å². The van der Waals surface area contributed by atoms with Gasteiger partial charge in [0.25, 0.3) is 0 Å². The largest absolute Gasteiger partial charge is 0.462 e. The lowest BCUT2D eigenvalue weighted by atomic mass is 10.2. The number of hydrogen-bond donors (Lipinski definition) is 0. The van der Waals surface area contributed by atoms with Crippen molar-refractivity contribution in [2.45, 2.75) is 12.4 Å². The van der Waals surface area contributed by atoms with Gasteiger partial charge in [-0.2, -0.15) is 0 Å². The zero-order chi connectivity index (χ0) is 12.4. The summed E-state index contributed by atoms with van der Waals surface area (Å²) in [6.07, 6.45) is 1.09. The molecule has 2 heterocycles. The van der Waals surface area contributed by atoms with Crippen LogP contribution in [0.3, 0.4) is 0 Å². The van der Waals surface area contributed by atoms with Crippen LogP contribution in [0, 0.1) is 0 Å². The summed E-state index contributed by atoms with van der Waals surface area (Å²) in [7, 11) is 0. The molecule has 2 saturated heterocycles. The summed E-state index contributed by atoms with van der Waals surface area (Å²) >= 11 is 0. The molecule has 0 saturated carbocycles. The van der Waals surface area contributed by atoms with Crippen molar-refractivity contribution in [3.8, 4) is 5.75 Å². The monoisotopic (exact) mass is 249 g/mol. The molecule has 2 atom stereocenters. The zero-order valence-corrected chi connectivity index (χ0v) is 9.95. The van der Waals surface area contributed by atoms with E-state index in [1.54, 1.807) is 0 Å². The number of benzene rings is 1. The summed E-state index contributed by atoms with van der Waals surface area (Å²) in [5.41, 5.74) is 1.00. The smallest absolute Gasteiger partial charge is 0.223 e. The van der Waals surface area contributed by atoms with E-state index in [0.717, 1.165) is 30.9 Å². The van der Waals surface area contributed by atoms with Gasteiger partial charge in [0.15, 0.2) is 0 Å². The molecule has 0 amide bonds. The van der Waals surface area contributed by atoms with E-state index in [1.165, 1.54) is 0 Å². The van der Waals surface area contributed by atoms with Gasteiger partial charge in [-0.1, -0.05) is 0 Å². The molecule has 0 bridgehead atoms. The molecule has 5 nitrogen and oxygen atoms in total. The summed E-state index contributed by atoms with van der Waals surface area (Å²) in [5, 5.41) is 0. The summed E-state index contributed by atoms with van der Waals surface area (Å²) < 4.78 is 15.7. The lowest BCUT2D eigenvalue weighted by Gasteiger charge is -2.21. The third-order valence-electron chi connectivity index (χ3n) is 2.89. The van der Waals surface area contributed by atoms with Gasteiger partial charge in [-0.15, -0.1) is 0 Å². The first-order valence-electron chi connectivity index (χ1n) is 6.03. The minimum absolute atomic E-state index is 0.0817. The fourth-order valence-corrected chi connectivity index (χ4v) is 1.79. The van der Waals surface area contributed by atoms with Gasteiger partial charge in [-0.3, -0.25) is 0 Å². The lowest BCUT2D eigenvalue weighted by molar-refractivity contribution is -0.106. The summed E-state index contributed by atoms with van der Waals surface area (Å²) in [4.78, 5) is 12.7. The third-order valence-corrected chi connectivity index (χ3v) is 2.89. The van der Waals surface area contributed by atoms with Crippen molar-refractivity contribution >= 4 is 12.0 Å². The maximum Gasteiger partial charge on any atom is 0.223 e. The van der Waals surface area contributed by atoms with E-state index in [-0.39, 0.29) is 12.4 Å². The van der Waals surface area contributed by atoms with Gasteiger partial charge in [-0.25, -0.2) is 0 Å². The zero-order valence-electron chi connectivity index (χ0n) is 9.95. The maximum absolute atomic E-state index is 10.7. The van der Waals surface area contributed by atoms with Crippen molar-refractivity contribution < 1.29 is 19.0 Å². The maximum atomic E-state index is 10.7. The molecule has 0 radical (unpaired) electrons. The first kappa shape index (κ1) is 11.5. The summed E-state index contributed by atoms with van der Waals surface area (Å²) in [6.45, 7) is 2.59. The third kappa shape index (κ3) is 3.00. The highest BCUT2D eigenvalue weighted by Gasteiger charge is 2.26. The van der Waals surface area contributed by atoms with Gasteiger partial charge in [0.2, 0.25) is 6.29 Å². The number of rotatable bonds is 7. The first-order valence-corrected chi connectivity index (χ1v) is 6.03. The molecule has 1 aromatic carbocycles. The number of anilines is 1. The normalized spacial score (nSPS) is 24.4. The average Bonchev–Trinajstić information content (AvgIpc) is 3.25. The van der Waals surface area contributed by atoms with Crippen molar-refractivity contribution in [3.63, 3.8) is 0 Å². The fraction of sp³-hybridized carbons (Fsp3) is 0.462. The molecule has 3 rings (SSSR count). The Morgan fingerprint density at radius 3 is 2.56 bits per heavy atom. The second-order valence-electron chi connectivity index (χ2n) is 4.40. The number of ether oxygens (including phenoxy) is 3. The fourth-order valence-electron chi connectivity index (χ4n) is 1.79. The molecule has 2 aliphatic rings. The van der Waals surface area contributed by atoms with E-state index < -0.39 is 0 Å². The molecule has 2 aliphatic heterocycles. The molecule has 0 spiro atoms. The predicted octanol–water partition coefficient (Wildman–Crippen LogP) is 0.826.